The lowest BCUT2D eigenvalue weighted by Gasteiger charge is -2.10. The van der Waals surface area contributed by atoms with Gasteiger partial charge < -0.3 is 5.32 Å². The maximum absolute atomic E-state index is 12.0. The number of nitrogens with one attached hydrogen (secondary N) is 1. The van der Waals surface area contributed by atoms with E-state index < -0.39 is 10.8 Å². The Balaban J connectivity index is 2.84. The number of benzene rings is 1. The van der Waals surface area contributed by atoms with Crippen molar-refractivity contribution >= 4 is 46.6 Å². The SMILES string of the molecule is CSC(C)CCNC(=O)c1cc([N+](=O)[O-])cc(Cl)c1Cl. The van der Waals surface area contributed by atoms with Crippen molar-refractivity contribution in [2.75, 3.05) is 12.8 Å². The molecular weight excluding hydrogens is 323 g/mol. The van der Waals surface area contributed by atoms with Crippen molar-refractivity contribution in [1.82, 2.24) is 5.32 Å². The van der Waals surface area contributed by atoms with Crippen molar-refractivity contribution in [2.24, 2.45) is 0 Å². The molecule has 0 saturated carbocycles. The average molecular weight is 337 g/mol. The minimum absolute atomic E-state index is 0.0106. The lowest BCUT2D eigenvalue weighted by molar-refractivity contribution is -0.384. The van der Waals surface area contributed by atoms with E-state index in [-0.39, 0.29) is 21.3 Å². The Kier molecular flexibility index (Phi) is 6.58. The second-order valence-corrected chi connectivity index (χ2v) is 6.20. The molecule has 20 heavy (non-hydrogen) atoms. The maximum atomic E-state index is 12.0. The molecule has 0 spiro atoms. The number of hydrogen-bond acceptors (Lipinski definition) is 4. The fourth-order valence-corrected chi connectivity index (χ4v) is 2.21. The molecule has 8 heteroatoms. The van der Waals surface area contributed by atoms with Crippen LogP contribution in [0.2, 0.25) is 10.0 Å². The molecule has 0 saturated heterocycles. The number of nitro benzene ring substituents is 1. The van der Waals surface area contributed by atoms with E-state index in [9.17, 15) is 14.9 Å². The molecule has 1 N–H and O–H groups in total. The first-order valence-electron chi connectivity index (χ1n) is 5.81. The van der Waals surface area contributed by atoms with Gasteiger partial charge >= 0.3 is 0 Å². The summed E-state index contributed by atoms with van der Waals surface area (Å²) in [6.07, 6.45) is 2.79. The van der Waals surface area contributed by atoms with Crippen LogP contribution in [0.3, 0.4) is 0 Å². The first-order chi connectivity index (χ1) is 9.36. The molecule has 0 aliphatic carbocycles. The second kappa shape index (κ2) is 7.71. The van der Waals surface area contributed by atoms with Crippen molar-refractivity contribution in [3.05, 3.63) is 37.9 Å². The van der Waals surface area contributed by atoms with Gasteiger partial charge in [0.05, 0.1) is 20.5 Å². The van der Waals surface area contributed by atoms with Crippen LogP contribution in [0.15, 0.2) is 12.1 Å². The highest BCUT2D eigenvalue weighted by atomic mass is 35.5. The van der Waals surface area contributed by atoms with Gasteiger partial charge in [0.15, 0.2) is 0 Å². The first-order valence-corrected chi connectivity index (χ1v) is 7.85. The zero-order chi connectivity index (χ0) is 15.3. The van der Waals surface area contributed by atoms with Gasteiger partial charge in [0.2, 0.25) is 0 Å². The molecule has 110 valence electrons. The highest BCUT2D eigenvalue weighted by Crippen LogP contribution is 2.30. The Morgan fingerprint density at radius 3 is 2.70 bits per heavy atom. The molecule has 0 radical (unpaired) electrons. The number of halogens is 2. The molecule has 5 nitrogen and oxygen atoms in total. The number of amides is 1. The predicted octanol–water partition coefficient (Wildman–Crippen LogP) is 3.77. The Morgan fingerprint density at radius 2 is 2.15 bits per heavy atom. The Morgan fingerprint density at radius 1 is 1.50 bits per heavy atom. The highest BCUT2D eigenvalue weighted by molar-refractivity contribution is 7.99. The molecular formula is C12H14Cl2N2O3S. The number of hydrogen-bond donors (Lipinski definition) is 1. The van der Waals surface area contributed by atoms with Crippen molar-refractivity contribution in [1.29, 1.82) is 0 Å². The monoisotopic (exact) mass is 336 g/mol. The summed E-state index contributed by atoms with van der Waals surface area (Å²) in [4.78, 5) is 22.1. The standard InChI is InChI=1S/C12H14Cl2N2O3S/c1-7(20-2)3-4-15-12(17)9-5-8(16(18)19)6-10(13)11(9)14/h5-7H,3-4H2,1-2H3,(H,15,17). The lowest BCUT2D eigenvalue weighted by Crippen LogP contribution is -2.26. The molecule has 1 aromatic rings. The first kappa shape index (κ1) is 17.1. The number of nitro groups is 1. The predicted molar refractivity (Wildman–Crippen MR) is 83.0 cm³/mol. The quantitative estimate of drug-likeness (QED) is 0.633. The molecule has 0 heterocycles. The minimum atomic E-state index is -0.616. The van der Waals surface area contributed by atoms with Crippen LogP contribution in [0.5, 0.6) is 0 Å². The fraction of sp³-hybridized carbons (Fsp3) is 0.417. The van der Waals surface area contributed by atoms with Crippen LogP contribution in [0.4, 0.5) is 5.69 Å². The van der Waals surface area contributed by atoms with Gasteiger partial charge in [-0.15, -0.1) is 0 Å². The fourth-order valence-electron chi connectivity index (χ4n) is 1.45. The van der Waals surface area contributed by atoms with E-state index in [1.165, 1.54) is 0 Å². The molecule has 0 bridgehead atoms. The van der Waals surface area contributed by atoms with Crippen molar-refractivity contribution in [3.8, 4) is 0 Å². The van der Waals surface area contributed by atoms with Gasteiger partial charge in [-0.3, -0.25) is 14.9 Å². The molecule has 1 rings (SSSR count). The number of nitrogens with zero attached hydrogens (tertiary/aromatic N) is 1. The van der Waals surface area contributed by atoms with Crippen LogP contribution >= 0.6 is 35.0 Å². The van der Waals surface area contributed by atoms with Crippen molar-refractivity contribution in [2.45, 2.75) is 18.6 Å². The molecule has 1 atom stereocenters. The number of rotatable bonds is 6. The summed E-state index contributed by atoms with van der Waals surface area (Å²) in [5.41, 5.74) is -0.246. The number of carbonyl (C=O) groups excluding carboxylic acids is 1. The largest absolute Gasteiger partial charge is 0.352 e. The Hall–Kier alpha value is -0.980. The highest BCUT2D eigenvalue weighted by Gasteiger charge is 2.19. The van der Waals surface area contributed by atoms with E-state index in [1.54, 1.807) is 11.8 Å². The summed E-state index contributed by atoms with van der Waals surface area (Å²) in [6, 6.07) is 2.25. The minimum Gasteiger partial charge on any atom is -0.352 e. The zero-order valence-corrected chi connectivity index (χ0v) is 13.3. The number of non-ortho nitro benzene ring substituents is 1. The molecule has 1 unspecified atom stereocenters. The Bertz CT molecular complexity index is 526. The van der Waals surface area contributed by atoms with Crippen molar-refractivity contribution < 1.29 is 9.72 Å². The van der Waals surface area contributed by atoms with Gasteiger partial charge in [0, 0.05) is 23.9 Å². The summed E-state index contributed by atoms with van der Waals surface area (Å²) in [5.74, 6) is -0.464. The topological polar surface area (TPSA) is 72.2 Å². The normalized spacial score (nSPS) is 12.0. The van der Waals surface area contributed by atoms with Crippen LogP contribution < -0.4 is 5.32 Å². The van der Waals surface area contributed by atoms with Gasteiger partial charge in [-0.1, -0.05) is 30.1 Å². The van der Waals surface area contributed by atoms with E-state index >= 15 is 0 Å². The van der Waals surface area contributed by atoms with Gasteiger partial charge in [0.25, 0.3) is 11.6 Å². The maximum Gasteiger partial charge on any atom is 0.271 e. The third-order valence-electron chi connectivity index (χ3n) is 2.71. The summed E-state index contributed by atoms with van der Waals surface area (Å²) in [5, 5.41) is 13.9. The van der Waals surface area contributed by atoms with Gasteiger partial charge in [-0.05, 0) is 12.7 Å². The van der Waals surface area contributed by atoms with Crippen molar-refractivity contribution in [3.63, 3.8) is 0 Å². The molecule has 0 aliphatic heterocycles. The van der Waals surface area contributed by atoms with E-state index in [0.29, 0.717) is 11.8 Å². The number of carbonyl (C=O) groups is 1. The smallest absolute Gasteiger partial charge is 0.271 e. The van der Waals surface area contributed by atoms with Gasteiger partial charge in [0.1, 0.15) is 0 Å². The van der Waals surface area contributed by atoms with Crippen LogP contribution in [-0.2, 0) is 0 Å². The van der Waals surface area contributed by atoms with Gasteiger partial charge in [-0.25, -0.2) is 0 Å². The van der Waals surface area contributed by atoms with Gasteiger partial charge in [-0.2, -0.15) is 11.8 Å². The van der Waals surface area contributed by atoms with E-state index in [2.05, 4.69) is 5.32 Å². The molecule has 0 fully saturated rings. The van der Waals surface area contributed by atoms with Crippen LogP contribution in [-0.4, -0.2) is 28.9 Å². The van der Waals surface area contributed by atoms with Crippen LogP contribution in [0, 0.1) is 10.1 Å². The third kappa shape index (κ3) is 4.54. The van der Waals surface area contributed by atoms with E-state index in [1.807, 2.05) is 13.2 Å². The molecule has 0 aliphatic rings. The summed E-state index contributed by atoms with van der Waals surface area (Å²) in [6.45, 7) is 2.52. The molecule has 1 aromatic carbocycles. The zero-order valence-electron chi connectivity index (χ0n) is 11.0. The second-order valence-electron chi connectivity index (χ2n) is 4.14. The molecule has 0 aromatic heterocycles. The number of thioether (sulfide) groups is 1. The molecule has 1 amide bonds. The van der Waals surface area contributed by atoms with Crippen LogP contribution in [0.1, 0.15) is 23.7 Å². The van der Waals surface area contributed by atoms with E-state index in [0.717, 1.165) is 18.6 Å². The lowest BCUT2D eigenvalue weighted by atomic mass is 10.2. The van der Waals surface area contributed by atoms with E-state index in [4.69, 9.17) is 23.2 Å². The summed E-state index contributed by atoms with van der Waals surface area (Å²) >= 11 is 13.4. The van der Waals surface area contributed by atoms with Crippen LogP contribution in [0.25, 0.3) is 0 Å². The Labute approximate surface area is 131 Å². The summed E-state index contributed by atoms with van der Waals surface area (Å²) in [7, 11) is 0. The third-order valence-corrected chi connectivity index (χ3v) is 4.55. The average Bonchev–Trinajstić information content (AvgIpc) is 2.40. The summed E-state index contributed by atoms with van der Waals surface area (Å²) < 4.78 is 0.